The number of carbonyl (C=O) groups excluding carboxylic acids is 1. The van der Waals surface area contributed by atoms with Gasteiger partial charge in [0.1, 0.15) is 12.4 Å². The fraction of sp³-hybridized carbons (Fsp3) is 0.263. The van der Waals surface area contributed by atoms with Gasteiger partial charge in [-0.2, -0.15) is 5.26 Å². The minimum atomic E-state index is 0.549. The quantitative estimate of drug-likeness (QED) is 0.815. The van der Waals surface area contributed by atoms with Crippen LogP contribution in [0.3, 0.4) is 0 Å². The number of hydrogen-bond donors (Lipinski definition) is 0. The van der Waals surface area contributed by atoms with Gasteiger partial charge >= 0.3 is 0 Å². The lowest BCUT2D eigenvalue weighted by atomic mass is 10.1. The largest absolute Gasteiger partial charge is 0.368 e. The molecule has 2 aromatic rings. The first kappa shape index (κ1) is 15.3. The van der Waals surface area contributed by atoms with Crippen LogP contribution >= 0.6 is 0 Å². The molecule has 116 valence electrons. The number of hydrogen-bond acceptors (Lipinski definition) is 4. The van der Waals surface area contributed by atoms with Crippen LogP contribution in [0.15, 0.2) is 48.5 Å². The van der Waals surface area contributed by atoms with Crippen molar-refractivity contribution in [2.24, 2.45) is 0 Å². The van der Waals surface area contributed by atoms with E-state index in [0.717, 1.165) is 44.7 Å². The van der Waals surface area contributed by atoms with Crippen LogP contribution in [-0.2, 0) is 6.54 Å². The smallest absolute Gasteiger partial charge is 0.150 e. The van der Waals surface area contributed by atoms with Crippen molar-refractivity contribution in [3.63, 3.8) is 0 Å². The van der Waals surface area contributed by atoms with Gasteiger partial charge in [0.15, 0.2) is 0 Å². The number of benzene rings is 2. The topological polar surface area (TPSA) is 47.3 Å². The van der Waals surface area contributed by atoms with Crippen LogP contribution < -0.4 is 4.90 Å². The predicted molar refractivity (Wildman–Crippen MR) is 90.5 cm³/mol. The Labute approximate surface area is 136 Å². The Hall–Kier alpha value is -2.64. The maximum atomic E-state index is 10.8. The number of aldehydes is 1. The van der Waals surface area contributed by atoms with Crippen LogP contribution in [0.25, 0.3) is 0 Å². The highest BCUT2D eigenvalue weighted by atomic mass is 16.1. The van der Waals surface area contributed by atoms with Gasteiger partial charge in [0.25, 0.3) is 0 Å². The van der Waals surface area contributed by atoms with Gasteiger partial charge in [0.05, 0.1) is 11.3 Å². The lowest BCUT2D eigenvalue weighted by molar-refractivity contribution is 0.112. The zero-order chi connectivity index (χ0) is 16.1. The van der Waals surface area contributed by atoms with E-state index in [1.165, 1.54) is 5.56 Å². The van der Waals surface area contributed by atoms with Crippen LogP contribution in [-0.4, -0.2) is 37.4 Å². The van der Waals surface area contributed by atoms with Gasteiger partial charge in [-0.05, 0) is 23.8 Å². The second-order valence-electron chi connectivity index (χ2n) is 5.76. The van der Waals surface area contributed by atoms with E-state index in [1.54, 1.807) is 12.1 Å². The number of nitriles is 1. The Morgan fingerprint density at radius 3 is 2.43 bits per heavy atom. The summed E-state index contributed by atoms with van der Waals surface area (Å²) in [5, 5.41) is 9.31. The van der Waals surface area contributed by atoms with Crippen LogP contribution in [0.1, 0.15) is 21.5 Å². The first-order valence-corrected chi connectivity index (χ1v) is 7.81. The average molecular weight is 305 g/mol. The molecule has 4 heteroatoms. The van der Waals surface area contributed by atoms with Crippen LogP contribution in [0.2, 0.25) is 0 Å². The van der Waals surface area contributed by atoms with Crippen LogP contribution in [0.4, 0.5) is 5.69 Å². The molecule has 1 saturated heterocycles. The predicted octanol–water partition coefficient (Wildman–Crippen LogP) is 2.69. The standard InChI is InChI=1S/C19H19N3O/c20-13-18-12-17(15-23)6-7-19(18)22-10-8-21(9-11-22)14-16-4-2-1-3-5-16/h1-7,12,15H,8-11,14H2. The molecule has 3 rings (SSSR count). The zero-order valence-electron chi connectivity index (χ0n) is 13.0. The van der Waals surface area contributed by atoms with E-state index >= 15 is 0 Å². The highest BCUT2D eigenvalue weighted by molar-refractivity contribution is 5.78. The normalized spacial score (nSPS) is 15.2. The Balaban J connectivity index is 1.65. The molecule has 0 bridgehead atoms. The molecule has 0 aromatic heterocycles. The minimum absolute atomic E-state index is 0.549. The van der Waals surface area contributed by atoms with Crippen molar-refractivity contribution in [2.45, 2.75) is 6.54 Å². The fourth-order valence-corrected chi connectivity index (χ4v) is 2.98. The summed E-state index contributed by atoms with van der Waals surface area (Å²) >= 11 is 0. The highest BCUT2D eigenvalue weighted by Crippen LogP contribution is 2.23. The molecule has 1 heterocycles. The van der Waals surface area contributed by atoms with Crippen molar-refractivity contribution in [1.82, 2.24) is 4.90 Å². The van der Waals surface area contributed by atoms with Crippen molar-refractivity contribution >= 4 is 12.0 Å². The monoisotopic (exact) mass is 305 g/mol. The number of nitrogens with zero attached hydrogens (tertiary/aromatic N) is 3. The molecule has 1 fully saturated rings. The van der Waals surface area contributed by atoms with Gasteiger partial charge in [-0.3, -0.25) is 9.69 Å². The van der Waals surface area contributed by atoms with Gasteiger partial charge < -0.3 is 4.90 Å². The van der Waals surface area contributed by atoms with E-state index in [0.29, 0.717) is 11.1 Å². The maximum absolute atomic E-state index is 10.8. The van der Waals surface area contributed by atoms with E-state index in [9.17, 15) is 10.1 Å². The second kappa shape index (κ2) is 7.08. The molecule has 0 radical (unpaired) electrons. The molecule has 4 nitrogen and oxygen atoms in total. The molecular weight excluding hydrogens is 286 g/mol. The molecule has 2 aromatic carbocycles. The molecule has 0 N–H and O–H groups in total. The van der Waals surface area contributed by atoms with Crippen molar-refractivity contribution in [3.8, 4) is 6.07 Å². The van der Waals surface area contributed by atoms with Gasteiger partial charge in [0.2, 0.25) is 0 Å². The summed E-state index contributed by atoms with van der Waals surface area (Å²) in [7, 11) is 0. The molecule has 0 atom stereocenters. The maximum Gasteiger partial charge on any atom is 0.150 e. The first-order valence-electron chi connectivity index (χ1n) is 7.81. The molecule has 23 heavy (non-hydrogen) atoms. The second-order valence-corrected chi connectivity index (χ2v) is 5.76. The molecule has 1 aliphatic heterocycles. The van der Waals surface area contributed by atoms with Gasteiger partial charge in [0, 0.05) is 38.3 Å². The number of piperazine rings is 1. The molecule has 0 amide bonds. The lowest BCUT2D eigenvalue weighted by Crippen LogP contribution is -2.46. The van der Waals surface area contributed by atoms with E-state index in [1.807, 2.05) is 12.1 Å². The molecule has 1 aliphatic rings. The third kappa shape index (κ3) is 3.58. The van der Waals surface area contributed by atoms with Gasteiger partial charge in [-0.1, -0.05) is 30.3 Å². The third-order valence-corrected chi connectivity index (χ3v) is 4.24. The Morgan fingerprint density at radius 1 is 1.04 bits per heavy atom. The summed E-state index contributed by atoms with van der Waals surface area (Å²) in [4.78, 5) is 15.5. The van der Waals surface area contributed by atoms with Crippen molar-refractivity contribution in [1.29, 1.82) is 5.26 Å². The molecule has 0 spiro atoms. The summed E-state index contributed by atoms with van der Waals surface area (Å²) in [5.74, 6) is 0. The molecular formula is C19H19N3O. The number of rotatable bonds is 4. The summed E-state index contributed by atoms with van der Waals surface area (Å²) in [6.45, 7) is 4.68. The van der Waals surface area contributed by atoms with Crippen molar-refractivity contribution < 1.29 is 4.79 Å². The van der Waals surface area contributed by atoms with Crippen molar-refractivity contribution in [3.05, 3.63) is 65.2 Å². The number of anilines is 1. The van der Waals surface area contributed by atoms with Gasteiger partial charge in [-0.25, -0.2) is 0 Å². The average Bonchev–Trinajstić information content (AvgIpc) is 2.63. The summed E-state index contributed by atoms with van der Waals surface area (Å²) in [6.07, 6.45) is 0.780. The van der Waals surface area contributed by atoms with Crippen LogP contribution in [0.5, 0.6) is 0 Å². The van der Waals surface area contributed by atoms with E-state index in [-0.39, 0.29) is 0 Å². The highest BCUT2D eigenvalue weighted by Gasteiger charge is 2.19. The third-order valence-electron chi connectivity index (χ3n) is 4.24. The Bertz CT molecular complexity index is 713. The molecule has 0 aliphatic carbocycles. The first-order chi connectivity index (χ1) is 11.3. The van der Waals surface area contributed by atoms with E-state index in [2.05, 4.69) is 40.1 Å². The van der Waals surface area contributed by atoms with Crippen molar-refractivity contribution in [2.75, 3.05) is 31.1 Å². The Morgan fingerprint density at radius 2 is 1.78 bits per heavy atom. The summed E-state index contributed by atoms with van der Waals surface area (Å²) in [5.41, 5.74) is 3.38. The zero-order valence-corrected chi connectivity index (χ0v) is 13.0. The number of carbonyl (C=O) groups is 1. The summed E-state index contributed by atoms with van der Waals surface area (Å²) < 4.78 is 0. The summed E-state index contributed by atoms with van der Waals surface area (Å²) in [6, 6.07) is 18.0. The van der Waals surface area contributed by atoms with E-state index < -0.39 is 0 Å². The SMILES string of the molecule is N#Cc1cc(C=O)ccc1N1CCN(Cc2ccccc2)CC1. The lowest BCUT2D eigenvalue weighted by Gasteiger charge is -2.36. The molecule has 0 saturated carbocycles. The minimum Gasteiger partial charge on any atom is -0.368 e. The van der Waals surface area contributed by atoms with Crippen LogP contribution in [0, 0.1) is 11.3 Å². The van der Waals surface area contributed by atoms with Gasteiger partial charge in [-0.15, -0.1) is 0 Å². The fourth-order valence-electron chi connectivity index (χ4n) is 2.98. The Kier molecular flexibility index (Phi) is 4.70. The van der Waals surface area contributed by atoms with E-state index in [4.69, 9.17) is 0 Å². The molecule has 0 unspecified atom stereocenters.